The number of benzene rings is 1. The van der Waals surface area contributed by atoms with Crippen molar-refractivity contribution in [2.24, 2.45) is 0 Å². The first kappa shape index (κ1) is 17.0. The highest BCUT2D eigenvalue weighted by molar-refractivity contribution is 6.12. The summed E-state index contributed by atoms with van der Waals surface area (Å²) < 4.78 is 0. The highest BCUT2D eigenvalue weighted by atomic mass is 15.2. The number of H-pyrrole nitrogens is 2. The Bertz CT molecular complexity index is 1160. The van der Waals surface area contributed by atoms with Crippen LogP contribution >= 0.6 is 0 Å². The molecular weight excluding hydrogens is 338 g/mol. The predicted octanol–water partition coefficient (Wildman–Crippen LogP) is 4.15. The first-order valence-corrected chi connectivity index (χ1v) is 9.15. The van der Waals surface area contributed by atoms with E-state index in [2.05, 4.69) is 57.3 Å². The minimum absolute atomic E-state index is 0.168. The average molecular weight is 359 g/mol. The zero-order valence-electron chi connectivity index (χ0n) is 15.6. The number of fused-ring (bicyclic) bond motifs is 3. The van der Waals surface area contributed by atoms with Gasteiger partial charge in [-0.2, -0.15) is 10.4 Å². The van der Waals surface area contributed by atoms with E-state index in [9.17, 15) is 5.26 Å². The molecule has 3 heterocycles. The number of hydrogen-bond donors (Lipinski definition) is 3. The molecule has 7 heteroatoms. The average Bonchev–Trinajstić information content (AvgIpc) is 3.26. The van der Waals surface area contributed by atoms with Crippen molar-refractivity contribution in [3.05, 3.63) is 35.8 Å². The third kappa shape index (κ3) is 2.89. The van der Waals surface area contributed by atoms with E-state index in [0.29, 0.717) is 17.1 Å². The van der Waals surface area contributed by atoms with E-state index in [1.54, 1.807) is 0 Å². The summed E-state index contributed by atoms with van der Waals surface area (Å²) in [6.45, 7) is 6.21. The summed E-state index contributed by atoms with van der Waals surface area (Å²) in [6.07, 6.45) is 1.78. The van der Waals surface area contributed by atoms with Crippen molar-refractivity contribution in [1.82, 2.24) is 25.1 Å². The van der Waals surface area contributed by atoms with Crippen molar-refractivity contribution >= 4 is 27.6 Å². The van der Waals surface area contributed by atoms with Crippen molar-refractivity contribution < 1.29 is 0 Å². The van der Waals surface area contributed by atoms with Crippen LogP contribution in [0.2, 0.25) is 0 Å². The molecule has 7 nitrogen and oxygen atoms in total. The normalized spacial score (nSPS) is 11.4. The standard InChI is InChI=1S/C20H21N7/c1-4-7-15-25-20(27-26-15)16-14(10-21)24-17-12-8-5-6-9-13(12)23-19(17)18(16)22-11(2)3/h5-6,8-9,11,23H,4,7H2,1-3H3,(H,22,24)(H,25,26,27). The van der Waals surface area contributed by atoms with Gasteiger partial charge in [0.1, 0.15) is 11.9 Å². The molecule has 1 aromatic carbocycles. The molecule has 0 atom stereocenters. The third-order valence-electron chi connectivity index (χ3n) is 4.42. The fraction of sp³-hybridized carbons (Fsp3) is 0.300. The van der Waals surface area contributed by atoms with Gasteiger partial charge in [-0.1, -0.05) is 25.1 Å². The van der Waals surface area contributed by atoms with E-state index < -0.39 is 0 Å². The number of pyridine rings is 1. The molecule has 0 saturated heterocycles. The van der Waals surface area contributed by atoms with Crippen LogP contribution < -0.4 is 5.32 Å². The molecule has 0 aliphatic rings. The van der Waals surface area contributed by atoms with Crippen molar-refractivity contribution in [1.29, 1.82) is 5.26 Å². The van der Waals surface area contributed by atoms with E-state index in [4.69, 9.17) is 0 Å². The number of para-hydroxylation sites is 1. The van der Waals surface area contributed by atoms with Gasteiger partial charge in [0, 0.05) is 23.4 Å². The van der Waals surface area contributed by atoms with E-state index in [-0.39, 0.29) is 6.04 Å². The van der Waals surface area contributed by atoms with Gasteiger partial charge in [-0.25, -0.2) is 9.97 Å². The van der Waals surface area contributed by atoms with E-state index >= 15 is 0 Å². The fourth-order valence-electron chi connectivity index (χ4n) is 3.32. The van der Waals surface area contributed by atoms with E-state index in [0.717, 1.165) is 46.3 Å². The van der Waals surface area contributed by atoms with Gasteiger partial charge in [0.15, 0.2) is 11.5 Å². The largest absolute Gasteiger partial charge is 0.380 e. The molecule has 0 aliphatic heterocycles. The summed E-state index contributed by atoms with van der Waals surface area (Å²) in [4.78, 5) is 12.7. The van der Waals surface area contributed by atoms with Gasteiger partial charge in [-0.3, -0.25) is 5.10 Å². The van der Waals surface area contributed by atoms with Gasteiger partial charge < -0.3 is 10.3 Å². The Kier molecular flexibility index (Phi) is 4.24. The summed E-state index contributed by atoms with van der Waals surface area (Å²) in [6, 6.07) is 10.4. The van der Waals surface area contributed by atoms with Gasteiger partial charge in [0.05, 0.1) is 22.3 Å². The molecule has 0 amide bonds. The molecule has 0 saturated carbocycles. The monoisotopic (exact) mass is 359 g/mol. The highest BCUT2D eigenvalue weighted by Gasteiger charge is 2.23. The Morgan fingerprint density at radius 2 is 2.04 bits per heavy atom. The maximum absolute atomic E-state index is 9.80. The smallest absolute Gasteiger partial charge is 0.186 e. The molecule has 0 aliphatic carbocycles. The summed E-state index contributed by atoms with van der Waals surface area (Å²) in [5, 5.41) is 21.6. The molecular formula is C20H21N7. The Balaban J connectivity index is 2.06. The van der Waals surface area contributed by atoms with Gasteiger partial charge in [-0.05, 0) is 26.3 Å². The molecule has 0 unspecified atom stereocenters. The molecule has 3 N–H and O–H groups in total. The highest BCUT2D eigenvalue weighted by Crippen LogP contribution is 2.37. The quantitative estimate of drug-likeness (QED) is 0.496. The number of hydrogen-bond acceptors (Lipinski definition) is 5. The molecule has 136 valence electrons. The lowest BCUT2D eigenvalue weighted by Crippen LogP contribution is -2.12. The minimum Gasteiger partial charge on any atom is -0.380 e. The Morgan fingerprint density at radius 1 is 1.22 bits per heavy atom. The van der Waals surface area contributed by atoms with Crippen LogP contribution in [0.25, 0.3) is 33.3 Å². The van der Waals surface area contributed by atoms with Crippen LogP contribution in [0.1, 0.15) is 38.7 Å². The Labute approximate surface area is 156 Å². The van der Waals surface area contributed by atoms with Crippen LogP contribution in [-0.2, 0) is 6.42 Å². The lowest BCUT2D eigenvalue weighted by Gasteiger charge is -2.15. The maximum atomic E-state index is 9.80. The summed E-state index contributed by atoms with van der Waals surface area (Å²) >= 11 is 0. The van der Waals surface area contributed by atoms with Gasteiger partial charge in [-0.15, -0.1) is 0 Å². The van der Waals surface area contributed by atoms with Crippen LogP contribution in [0.15, 0.2) is 24.3 Å². The zero-order valence-corrected chi connectivity index (χ0v) is 15.6. The lowest BCUT2D eigenvalue weighted by atomic mass is 10.1. The molecule has 0 fully saturated rings. The molecule has 27 heavy (non-hydrogen) atoms. The van der Waals surface area contributed by atoms with Crippen molar-refractivity contribution in [2.45, 2.75) is 39.7 Å². The van der Waals surface area contributed by atoms with E-state index in [1.807, 2.05) is 24.3 Å². The Morgan fingerprint density at radius 3 is 2.78 bits per heavy atom. The molecule has 0 spiro atoms. The first-order chi connectivity index (χ1) is 13.1. The van der Waals surface area contributed by atoms with Crippen LogP contribution in [0, 0.1) is 11.3 Å². The predicted molar refractivity (Wildman–Crippen MR) is 106 cm³/mol. The second kappa shape index (κ2) is 6.72. The number of anilines is 1. The van der Waals surface area contributed by atoms with Crippen molar-refractivity contribution in [3.8, 4) is 17.5 Å². The molecule has 4 rings (SSSR count). The number of nitrogens with one attached hydrogen (secondary N) is 3. The number of nitriles is 1. The van der Waals surface area contributed by atoms with Crippen LogP contribution in [0.3, 0.4) is 0 Å². The summed E-state index contributed by atoms with van der Waals surface area (Å²) in [5.74, 6) is 1.30. The van der Waals surface area contributed by atoms with E-state index in [1.165, 1.54) is 0 Å². The number of rotatable bonds is 5. The molecule has 3 aromatic heterocycles. The van der Waals surface area contributed by atoms with Gasteiger partial charge in [0.25, 0.3) is 0 Å². The van der Waals surface area contributed by atoms with Gasteiger partial charge >= 0.3 is 0 Å². The lowest BCUT2D eigenvalue weighted by molar-refractivity contribution is 0.841. The zero-order chi connectivity index (χ0) is 19.0. The third-order valence-corrected chi connectivity index (χ3v) is 4.42. The molecule has 4 aromatic rings. The fourth-order valence-corrected chi connectivity index (χ4v) is 3.32. The topological polar surface area (TPSA) is 106 Å². The Hall–Kier alpha value is -3.40. The first-order valence-electron chi connectivity index (χ1n) is 9.15. The van der Waals surface area contributed by atoms with Gasteiger partial charge in [0.2, 0.25) is 0 Å². The molecule has 0 radical (unpaired) electrons. The van der Waals surface area contributed by atoms with Crippen LogP contribution in [0.5, 0.6) is 0 Å². The van der Waals surface area contributed by atoms with Crippen molar-refractivity contribution in [2.75, 3.05) is 5.32 Å². The molecule has 0 bridgehead atoms. The summed E-state index contributed by atoms with van der Waals surface area (Å²) in [7, 11) is 0. The number of aromatic nitrogens is 5. The van der Waals surface area contributed by atoms with Crippen LogP contribution in [-0.4, -0.2) is 31.2 Å². The number of aromatic amines is 2. The number of nitrogens with zero attached hydrogens (tertiary/aromatic N) is 4. The maximum Gasteiger partial charge on any atom is 0.186 e. The summed E-state index contributed by atoms with van der Waals surface area (Å²) in [5.41, 5.74) is 4.37. The second-order valence-electron chi connectivity index (χ2n) is 6.87. The minimum atomic E-state index is 0.168. The van der Waals surface area contributed by atoms with Crippen molar-refractivity contribution in [3.63, 3.8) is 0 Å². The second-order valence-corrected chi connectivity index (χ2v) is 6.87. The SMILES string of the molecule is CCCc1nc(-c2c(C#N)nc3c([nH]c4ccccc43)c2NC(C)C)n[nH]1. The van der Waals surface area contributed by atoms with Crippen LogP contribution in [0.4, 0.5) is 5.69 Å². The number of aryl methyl sites for hydroxylation is 1.